The molecular formula is C23H26N4O4. The number of hydrazone groups is 1. The number of hydrogen-bond acceptors (Lipinski definition) is 5. The van der Waals surface area contributed by atoms with Gasteiger partial charge in [-0.25, -0.2) is 5.43 Å². The minimum absolute atomic E-state index is 0.0171. The van der Waals surface area contributed by atoms with E-state index in [9.17, 15) is 14.4 Å². The smallest absolute Gasteiger partial charge is 0.329 e. The second-order valence-electron chi connectivity index (χ2n) is 7.15. The second kappa shape index (κ2) is 10.9. The average Bonchev–Trinajstić information content (AvgIpc) is 3.33. The summed E-state index contributed by atoms with van der Waals surface area (Å²) < 4.78 is 5.57. The number of anilines is 1. The summed E-state index contributed by atoms with van der Waals surface area (Å²) >= 11 is 0. The van der Waals surface area contributed by atoms with Gasteiger partial charge in [-0.2, -0.15) is 5.10 Å². The van der Waals surface area contributed by atoms with E-state index in [4.69, 9.17) is 4.74 Å². The lowest BCUT2D eigenvalue weighted by atomic mass is 10.1. The average molecular weight is 422 g/mol. The fourth-order valence-corrected chi connectivity index (χ4v) is 3.12. The van der Waals surface area contributed by atoms with Crippen LogP contribution in [0, 0.1) is 0 Å². The van der Waals surface area contributed by atoms with Gasteiger partial charge < -0.3 is 15.0 Å². The third kappa shape index (κ3) is 6.67. The van der Waals surface area contributed by atoms with Gasteiger partial charge in [-0.1, -0.05) is 31.2 Å². The second-order valence-corrected chi connectivity index (χ2v) is 7.15. The molecule has 1 aliphatic rings. The van der Waals surface area contributed by atoms with Gasteiger partial charge in [0.05, 0.1) is 6.21 Å². The Morgan fingerprint density at radius 3 is 2.52 bits per heavy atom. The molecule has 1 saturated heterocycles. The summed E-state index contributed by atoms with van der Waals surface area (Å²) in [6, 6.07) is 14.2. The van der Waals surface area contributed by atoms with Crippen molar-refractivity contribution < 1.29 is 19.1 Å². The van der Waals surface area contributed by atoms with E-state index < -0.39 is 11.8 Å². The van der Waals surface area contributed by atoms with Crippen LogP contribution in [0.5, 0.6) is 5.75 Å². The molecule has 0 spiro atoms. The minimum Gasteiger partial charge on any atom is -0.484 e. The Morgan fingerprint density at radius 2 is 1.81 bits per heavy atom. The molecule has 0 atom stereocenters. The van der Waals surface area contributed by atoms with Crippen LogP contribution in [0.3, 0.4) is 0 Å². The van der Waals surface area contributed by atoms with Crippen molar-refractivity contribution in [3.05, 3.63) is 59.7 Å². The molecule has 3 amide bonds. The van der Waals surface area contributed by atoms with E-state index in [2.05, 4.69) is 15.8 Å². The van der Waals surface area contributed by atoms with Gasteiger partial charge in [0.25, 0.3) is 5.91 Å². The fourth-order valence-electron chi connectivity index (χ4n) is 3.12. The zero-order valence-corrected chi connectivity index (χ0v) is 17.5. The van der Waals surface area contributed by atoms with Crippen LogP contribution in [0.15, 0.2) is 53.6 Å². The van der Waals surface area contributed by atoms with Crippen molar-refractivity contribution in [2.24, 2.45) is 5.10 Å². The number of hydrogen-bond donors (Lipinski definition) is 2. The summed E-state index contributed by atoms with van der Waals surface area (Å²) in [5.74, 6) is -1.19. The van der Waals surface area contributed by atoms with Crippen LogP contribution in [-0.2, 0) is 20.8 Å². The van der Waals surface area contributed by atoms with Crippen LogP contribution >= 0.6 is 0 Å². The van der Waals surface area contributed by atoms with Crippen molar-refractivity contribution in [3.8, 4) is 5.75 Å². The SMILES string of the molecule is CCc1ccc(NC(=O)C(=O)N/N=C\c2cccc(OCC(=O)N3CCCC3)c2)cc1. The molecule has 2 aromatic carbocycles. The first-order chi connectivity index (χ1) is 15.0. The summed E-state index contributed by atoms with van der Waals surface area (Å²) in [7, 11) is 0. The predicted molar refractivity (Wildman–Crippen MR) is 118 cm³/mol. The van der Waals surface area contributed by atoms with E-state index in [1.165, 1.54) is 6.21 Å². The molecular weight excluding hydrogens is 396 g/mol. The van der Waals surface area contributed by atoms with Crippen molar-refractivity contribution in [1.82, 2.24) is 10.3 Å². The highest BCUT2D eigenvalue weighted by atomic mass is 16.5. The molecule has 0 radical (unpaired) electrons. The van der Waals surface area contributed by atoms with Crippen molar-refractivity contribution in [2.75, 3.05) is 25.0 Å². The maximum Gasteiger partial charge on any atom is 0.329 e. The van der Waals surface area contributed by atoms with Gasteiger partial charge in [0.1, 0.15) is 5.75 Å². The number of amides is 3. The number of nitrogens with zero attached hydrogens (tertiary/aromatic N) is 2. The number of carbonyl (C=O) groups excluding carboxylic acids is 3. The number of aryl methyl sites for hydroxylation is 1. The van der Waals surface area contributed by atoms with Gasteiger partial charge >= 0.3 is 11.8 Å². The first-order valence-electron chi connectivity index (χ1n) is 10.3. The van der Waals surface area contributed by atoms with E-state index in [1.54, 1.807) is 41.3 Å². The van der Waals surface area contributed by atoms with Crippen molar-refractivity contribution in [2.45, 2.75) is 26.2 Å². The van der Waals surface area contributed by atoms with E-state index in [0.29, 0.717) is 17.0 Å². The first-order valence-corrected chi connectivity index (χ1v) is 10.3. The minimum atomic E-state index is -0.876. The highest BCUT2D eigenvalue weighted by Crippen LogP contribution is 2.14. The molecule has 0 aliphatic carbocycles. The van der Waals surface area contributed by atoms with Crippen molar-refractivity contribution in [3.63, 3.8) is 0 Å². The Kier molecular flexibility index (Phi) is 7.75. The quantitative estimate of drug-likeness (QED) is 0.406. The highest BCUT2D eigenvalue weighted by Gasteiger charge is 2.18. The molecule has 1 heterocycles. The largest absolute Gasteiger partial charge is 0.484 e. The van der Waals surface area contributed by atoms with Crippen LogP contribution in [0.4, 0.5) is 5.69 Å². The number of rotatable bonds is 7. The molecule has 0 aromatic heterocycles. The summed E-state index contributed by atoms with van der Waals surface area (Å²) in [5.41, 5.74) is 4.53. The lowest BCUT2D eigenvalue weighted by Gasteiger charge is -2.15. The van der Waals surface area contributed by atoms with E-state index >= 15 is 0 Å². The summed E-state index contributed by atoms with van der Waals surface area (Å²) in [5, 5.41) is 6.34. The molecule has 0 bridgehead atoms. The molecule has 1 fully saturated rings. The summed E-state index contributed by atoms with van der Waals surface area (Å²) in [6.45, 7) is 3.59. The molecule has 3 rings (SSSR count). The van der Waals surface area contributed by atoms with Gasteiger partial charge in [0.2, 0.25) is 0 Å². The molecule has 8 heteroatoms. The van der Waals surface area contributed by atoms with Gasteiger partial charge in [-0.05, 0) is 54.7 Å². The monoisotopic (exact) mass is 422 g/mol. The standard InChI is InChI=1S/C23H26N4O4/c1-2-17-8-10-19(11-9-17)25-22(29)23(30)26-24-15-18-6-5-7-20(14-18)31-16-21(28)27-12-3-4-13-27/h5-11,14-15H,2-4,12-13,16H2,1H3,(H,25,29)(H,26,30)/b24-15-. The van der Waals surface area contributed by atoms with Crippen LogP contribution < -0.4 is 15.5 Å². The van der Waals surface area contributed by atoms with Crippen LogP contribution in [-0.4, -0.2) is 48.5 Å². The molecule has 1 aliphatic heterocycles. The van der Waals surface area contributed by atoms with Gasteiger partial charge in [-0.3, -0.25) is 14.4 Å². The van der Waals surface area contributed by atoms with Gasteiger partial charge in [0, 0.05) is 18.8 Å². The Balaban J connectivity index is 1.47. The maximum absolute atomic E-state index is 12.1. The maximum atomic E-state index is 12.1. The zero-order valence-electron chi connectivity index (χ0n) is 17.5. The Morgan fingerprint density at radius 1 is 1.06 bits per heavy atom. The van der Waals surface area contributed by atoms with E-state index in [0.717, 1.165) is 37.9 Å². The van der Waals surface area contributed by atoms with Crippen LogP contribution in [0.25, 0.3) is 0 Å². The number of ether oxygens (including phenoxy) is 1. The summed E-state index contributed by atoms with van der Waals surface area (Å²) in [4.78, 5) is 37.8. The number of benzene rings is 2. The number of nitrogens with one attached hydrogen (secondary N) is 2. The molecule has 2 aromatic rings. The predicted octanol–water partition coefficient (Wildman–Crippen LogP) is 2.34. The molecule has 162 valence electrons. The normalized spacial score (nSPS) is 13.3. The lowest BCUT2D eigenvalue weighted by molar-refractivity contribution is -0.136. The third-order valence-electron chi connectivity index (χ3n) is 4.89. The molecule has 31 heavy (non-hydrogen) atoms. The Labute approximate surface area is 181 Å². The lowest BCUT2D eigenvalue weighted by Crippen LogP contribution is -2.32. The molecule has 8 nitrogen and oxygen atoms in total. The van der Waals surface area contributed by atoms with E-state index in [-0.39, 0.29) is 12.5 Å². The highest BCUT2D eigenvalue weighted by molar-refractivity contribution is 6.39. The van der Waals surface area contributed by atoms with Crippen LogP contribution in [0.2, 0.25) is 0 Å². The zero-order chi connectivity index (χ0) is 22.1. The number of carbonyl (C=O) groups is 3. The third-order valence-corrected chi connectivity index (χ3v) is 4.89. The number of likely N-dealkylation sites (tertiary alicyclic amines) is 1. The Hall–Kier alpha value is -3.68. The fraction of sp³-hybridized carbons (Fsp3) is 0.304. The Bertz CT molecular complexity index is 950. The topological polar surface area (TPSA) is 100 Å². The van der Waals surface area contributed by atoms with E-state index in [1.807, 2.05) is 19.1 Å². The molecule has 0 unspecified atom stereocenters. The molecule has 2 N–H and O–H groups in total. The van der Waals surface area contributed by atoms with Crippen LogP contribution in [0.1, 0.15) is 30.9 Å². The van der Waals surface area contributed by atoms with Gasteiger partial charge in [0.15, 0.2) is 6.61 Å². The first kappa shape index (κ1) is 22.0. The van der Waals surface area contributed by atoms with Gasteiger partial charge in [-0.15, -0.1) is 0 Å². The van der Waals surface area contributed by atoms with Crippen molar-refractivity contribution >= 4 is 29.6 Å². The van der Waals surface area contributed by atoms with Crippen molar-refractivity contribution in [1.29, 1.82) is 0 Å². The summed E-state index contributed by atoms with van der Waals surface area (Å²) in [6.07, 6.45) is 4.36. The molecule has 0 saturated carbocycles.